The largest absolute Gasteiger partial charge is 0.493 e. The number of benzene rings is 1. The molecule has 0 aliphatic carbocycles. The Hall–Kier alpha value is -2.60. The Kier molecular flexibility index (Phi) is 3.82. The van der Waals surface area contributed by atoms with Gasteiger partial charge >= 0.3 is 0 Å². The zero-order valence-electron chi connectivity index (χ0n) is 13.3. The number of nitrogens with zero attached hydrogens (tertiary/aromatic N) is 3. The van der Waals surface area contributed by atoms with E-state index >= 15 is 0 Å². The first-order valence-electron chi connectivity index (χ1n) is 7.80. The van der Waals surface area contributed by atoms with Crippen LogP contribution in [-0.2, 0) is 13.0 Å². The monoisotopic (exact) mass is 339 g/mol. The lowest BCUT2D eigenvalue weighted by Crippen LogP contribution is -2.35. The summed E-state index contributed by atoms with van der Waals surface area (Å²) in [6.07, 6.45) is 2.66. The average molecular weight is 339 g/mol. The molecular weight excluding hydrogens is 322 g/mol. The SMILES string of the molecule is COc1cn(-c2ccccc2)nc1C(=O)N1CCc2sccc2C1. The van der Waals surface area contributed by atoms with Crippen LogP contribution in [0.15, 0.2) is 48.0 Å². The lowest BCUT2D eigenvalue weighted by atomic mass is 10.1. The number of hydrogen-bond donors (Lipinski definition) is 0. The van der Waals surface area contributed by atoms with Crippen LogP contribution >= 0.6 is 11.3 Å². The number of ether oxygens (including phenoxy) is 1. The second-order valence-corrected chi connectivity index (χ2v) is 6.67. The highest BCUT2D eigenvalue weighted by Gasteiger charge is 2.27. The van der Waals surface area contributed by atoms with E-state index in [2.05, 4.69) is 16.5 Å². The number of carbonyl (C=O) groups is 1. The molecule has 1 aliphatic rings. The van der Waals surface area contributed by atoms with Crippen LogP contribution in [0.3, 0.4) is 0 Å². The number of methoxy groups -OCH3 is 1. The Bertz CT molecular complexity index is 870. The topological polar surface area (TPSA) is 47.4 Å². The van der Waals surface area contributed by atoms with Crippen molar-refractivity contribution in [3.63, 3.8) is 0 Å². The molecule has 122 valence electrons. The Labute approximate surface area is 144 Å². The van der Waals surface area contributed by atoms with Crippen LogP contribution in [0, 0.1) is 0 Å². The van der Waals surface area contributed by atoms with Crippen molar-refractivity contribution in [1.82, 2.24) is 14.7 Å². The first-order valence-corrected chi connectivity index (χ1v) is 8.68. The van der Waals surface area contributed by atoms with Gasteiger partial charge in [-0.1, -0.05) is 18.2 Å². The molecule has 0 saturated carbocycles. The summed E-state index contributed by atoms with van der Waals surface area (Å²) in [7, 11) is 1.57. The van der Waals surface area contributed by atoms with Crippen molar-refractivity contribution in [3.05, 3.63) is 64.1 Å². The van der Waals surface area contributed by atoms with E-state index in [1.165, 1.54) is 10.4 Å². The molecular formula is C18H17N3O2S. The number of para-hydroxylation sites is 1. The van der Waals surface area contributed by atoms with Gasteiger partial charge in [0.15, 0.2) is 11.4 Å². The molecule has 24 heavy (non-hydrogen) atoms. The van der Waals surface area contributed by atoms with Crippen molar-refractivity contribution >= 4 is 17.2 Å². The maximum absolute atomic E-state index is 12.9. The minimum Gasteiger partial charge on any atom is -0.493 e. The van der Waals surface area contributed by atoms with Gasteiger partial charge in [0.05, 0.1) is 19.0 Å². The van der Waals surface area contributed by atoms with Crippen LogP contribution in [0.25, 0.3) is 5.69 Å². The van der Waals surface area contributed by atoms with Gasteiger partial charge in [-0.3, -0.25) is 4.79 Å². The van der Waals surface area contributed by atoms with Crippen LogP contribution < -0.4 is 4.74 Å². The summed E-state index contributed by atoms with van der Waals surface area (Å²) < 4.78 is 7.07. The van der Waals surface area contributed by atoms with Gasteiger partial charge in [0.25, 0.3) is 5.91 Å². The van der Waals surface area contributed by atoms with Crippen LogP contribution in [0.4, 0.5) is 0 Å². The summed E-state index contributed by atoms with van der Waals surface area (Å²) in [5.74, 6) is 0.415. The number of thiophene rings is 1. The van der Waals surface area contributed by atoms with E-state index in [4.69, 9.17) is 4.74 Å². The standard InChI is InChI=1S/C18H17N3O2S/c1-23-15-12-21(14-5-3-2-4-6-14)19-17(15)18(22)20-9-7-16-13(11-20)8-10-24-16/h2-6,8,10,12H,7,9,11H2,1H3. The van der Waals surface area contributed by atoms with Crippen molar-refractivity contribution < 1.29 is 9.53 Å². The predicted octanol–water partition coefficient (Wildman–Crippen LogP) is 3.14. The molecule has 3 heterocycles. The molecule has 1 amide bonds. The van der Waals surface area contributed by atoms with E-state index in [9.17, 15) is 4.79 Å². The zero-order valence-corrected chi connectivity index (χ0v) is 14.1. The molecule has 0 spiro atoms. The molecule has 0 saturated heterocycles. The highest BCUT2D eigenvalue weighted by Crippen LogP contribution is 2.27. The minimum atomic E-state index is -0.0848. The number of hydrogen-bond acceptors (Lipinski definition) is 4. The third kappa shape index (κ3) is 2.59. The molecule has 1 aromatic carbocycles. The quantitative estimate of drug-likeness (QED) is 0.736. The molecule has 0 fully saturated rings. The average Bonchev–Trinajstić information content (AvgIpc) is 3.27. The maximum atomic E-state index is 12.9. The summed E-state index contributed by atoms with van der Waals surface area (Å²) in [4.78, 5) is 16.1. The van der Waals surface area contributed by atoms with Gasteiger partial charge < -0.3 is 9.64 Å². The first kappa shape index (κ1) is 15.0. The summed E-state index contributed by atoms with van der Waals surface area (Å²) in [6.45, 7) is 1.35. The summed E-state index contributed by atoms with van der Waals surface area (Å²) in [5.41, 5.74) is 2.50. The van der Waals surface area contributed by atoms with Crippen LogP contribution in [0.1, 0.15) is 20.9 Å². The summed E-state index contributed by atoms with van der Waals surface area (Å²) in [6, 6.07) is 11.8. The van der Waals surface area contributed by atoms with E-state index in [1.54, 1.807) is 29.3 Å². The smallest absolute Gasteiger partial charge is 0.278 e. The lowest BCUT2D eigenvalue weighted by molar-refractivity contribution is 0.0726. The molecule has 0 N–H and O–H groups in total. The fourth-order valence-corrected chi connectivity index (χ4v) is 3.83. The number of amides is 1. The molecule has 0 atom stereocenters. The Morgan fingerprint density at radius 1 is 1.25 bits per heavy atom. The van der Waals surface area contributed by atoms with Crippen molar-refractivity contribution in [1.29, 1.82) is 0 Å². The molecule has 0 radical (unpaired) electrons. The molecule has 3 aromatic rings. The van der Waals surface area contributed by atoms with Gasteiger partial charge in [-0.05, 0) is 35.6 Å². The van der Waals surface area contributed by atoms with E-state index in [1.807, 2.05) is 35.2 Å². The zero-order chi connectivity index (χ0) is 16.5. The van der Waals surface area contributed by atoms with E-state index in [0.717, 1.165) is 12.1 Å². The van der Waals surface area contributed by atoms with E-state index < -0.39 is 0 Å². The first-order chi connectivity index (χ1) is 11.8. The molecule has 5 nitrogen and oxygen atoms in total. The lowest BCUT2D eigenvalue weighted by Gasteiger charge is -2.26. The van der Waals surface area contributed by atoms with E-state index in [-0.39, 0.29) is 5.91 Å². The Balaban J connectivity index is 1.64. The maximum Gasteiger partial charge on any atom is 0.278 e. The molecule has 6 heteroatoms. The molecule has 0 unspecified atom stereocenters. The molecule has 4 rings (SSSR count). The molecule has 0 bridgehead atoms. The number of rotatable bonds is 3. The number of aromatic nitrogens is 2. The van der Waals surface area contributed by atoms with Crippen molar-refractivity contribution in [2.75, 3.05) is 13.7 Å². The Morgan fingerprint density at radius 2 is 2.08 bits per heavy atom. The highest BCUT2D eigenvalue weighted by molar-refractivity contribution is 7.10. The Morgan fingerprint density at radius 3 is 2.88 bits per heavy atom. The highest BCUT2D eigenvalue weighted by atomic mass is 32.1. The van der Waals surface area contributed by atoms with E-state index in [0.29, 0.717) is 24.5 Å². The van der Waals surface area contributed by atoms with Crippen molar-refractivity contribution in [2.24, 2.45) is 0 Å². The van der Waals surface area contributed by atoms with Crippen LogP contribution in [-0.4, -0.2) is 34.2 Å². The minimum absolute atomic E-state index is 0.0848. The van der Waals surface area contributed by atoms with Crippen LogP contribution in [0.2, 0.25) is 0 Å². The van der Waals surface area contributed by atoms with Crippen molar-refractivity contribution in [2.45, 2.75) is 13.0 Å². The van der Waals surface area contributed by atoms with Gasteiger partial charge in [0, 0.05) is 18.0 Å². The van der Waals surface area contributed by atoms with Gasteiger partial charge in [-0.15, -0.1) is 11.3 Å². The predicted molar refractivity (Wildman–Crippen MR) is 92.9 cm³/mol. The van der Waals surface area contributed by atoms with Crippen molar-refractivity contribution in [3.8, 4) is 11.4 Å². The normalized spacial score (nSPS) is 13.6. The summed E-state index contributed by atoms with van der Waals surface area (Å²) in [5, 5.41) is 6.56. The van der Waals surface area contributed by atoms with Gasteiger partial charge in [0.1, 0.15) is 0 Å². The third-order valence-electron chi connectivity index (χ3n) is 4.22. The van der Waals surface area contributed by atoms with Crippen LogP contribution in [0.5, 0.6) is 5.75 Å². The fraction of sp³-hybridized carbons (Fsp3) is 0.222. The number of carbonyl (C=O) groups excluding carboxylic acids is 1. The summed E-state index contributed by atoms with van der Waals surface area (Å²) >= 11 is 1.76. The fourth-order valence-electron chi connectivity index (χ4n) is 2.94. The molecule has 2 aromatic heterocycles. The second kappa shape index (κ2) is 6.13. The second-order valence-electron chi connectivity index (χ2n) is 5.67. The third-order valence-corrected chi connectivity index (χ3v) is 5.24. The number of fused-ring (bicyclic) bond motifs is 1. The van der Waals surface area contributed by atoms with Gasteiger partial charge in [-0.2, -0.15) is 5.10 Å². The van der Waals surface area contributed by atoms with Gasteiger partial charge in [-0.25, -0.2) is 4.68 Å². The van der Waals surface area contributed by atoms with Gasteiger partial charge in [0.2, 0.25) is 0 Å². The molecule has 1 aliphatic heterocycles.